The zero-order valence-electron chi connectivity index (χ0n) is 10.6. The van der Waals surface area contributed by atoms with Crippen molar-refractivity contribution in [1.29, 1.82) is 0 Å². The van der Waals surface area contributed by atoms with Crippen LogP contribution in [0.5, 0.6) is 0 Å². The van der Waals surface area contributed by atoms with E-state index in [4.69, 9.17) is 5.84 Å². The van der Waals surface area contributed by atoms with E-state index in [0.717, 1.165) is 23.5 Å². The molecule has 0 spiro atoms. The quantitative estimate of drug-likeness (QED) is 0.568. The van der Waals surface area contributed by atoms with E-state index in [1.54, 1.807) is 0 Å². The van der Waals surface area contributed by atoms with Crippen molar-refractivity contribution >= 4 is 17.3 Å². The summed E-state index contributed by atoms with van der Waals surface area (Å²) in [6, 6.07) is 8.25. The fraction of sp³-hybridized carbons (Fsp3) is 0.231. The maximum atomic E-state index is 5.39. The molecule has 0 aliphatic rings. The van der Waals surface area contributed by atoms with Gasteiger partial charge in [0.2, 0.25) is 0 Å². The van der Waals surface area contributed by atoms with Crippen molar-refractivity contribution in [2.24, 2.45) is 5.84 Å². The molecular weight excluding hydrogens is 226 g/mol. The third kappa shape index (κ3) is 2.57. The van der Waals surface area contributed by atoms with Crippen LogP contribution in [0.25, 0.3) is 0 Å². The lowest BCUT2D eigenvalue weighted by Crippen LogP contribution is -2.11. The zero-order chi connectivity index (χ0) is 13.0. The molecule has 94 valence electrons. The Kier molecular flexibility index (Phi) is 3.74. The van der Waals surface area contributed by atoms with Gasteiger partial charge in [-0.05, 0) is 31.0 Å². The number of hydrogen-bond donors (Lipinski definition) is 3. The number of nitrogen functional groups attached to an aromatic ring is 1. The van der Waals surface area contributed by atoms with Crippen LogP contribution in [0.15, 0.2) is 30.6 Å². The molecule has 0 aliphatic carbocycles. The van der Waals surface area contributed by atoms with Crippen molar-refractivity contribution in [3.05, 3.63) is 41.7 Å². The van der Waals surface area contributed by atoms with Gasteiger partial charge in [0.25, 0.3) is 0 Å². The third-order valence-corrected chi connectivity index (χ3v) is 2.82. The second-order valence-electron chi connectivity index (χ2n) is 4.02. The molecule has 1 aromatic carbocycles. The van der Waals surface area contributed by atoms with Crippen LogP contribution in [0.1, 0.15) is 18.1 Å². The van der Waals surface area contributed by atoms with Crippen molar-refractivity contribution in [2.75, 3.05) is 10.7 Å². The smallest absolute Gasteiger partial charge is 0.148 e. The number of benzene rings is 1. The van der Waals surface area contributed by atoms with Crippen LogP contribution in [0.3, 0.4) is 0 Å². The van der Waals surface area contributed by atoms with E-state index in [9.17, 15) is 0 Å². The molecule has 0 aliphatic heterocycles. The monoisotopic (exact) mass is 243 g/mol. The van der Waals surface area contributed by atoms with Crippen molar-refractivity contribution in [1.82, 2.24) is 9.97 Å². The van der Waals surface area contributed by atoms with Crippen LogP contribution < -0.4 is 16.6 Å². The SMILES string of the molecule is CCc1cccc(Nc2ncnc(NN)c2C)c1. The van der Waals surface area contributed by atoms with E-state index in [1.807, 2.05) is 19.1 Å². The van der Waals surface area contributed by atoms with Gasteiger partial charge in [-0.3, -0.25) is 0 Å². The average molecular weight is 243 g/mol. The van der Waals surface area contributed by atoms with Crippen LogP contribution in [-0.2, 0) is 6.42 Å². The second-order valence-corrected chi connectivity index (χ2v) is 4.02. The van der Waals surface area contributed by atoms with Crippen LogP contribution in [-0.4, -0.2) is 9.97 Å². The van der Waals surface area contributed by atoms with E-state index < -0.39 is 0 Å². The van der Waals surface area contributed by atoms with Crippen molar-refractivity contribution in [3.8, 4) is 0 Å². The lowest BCUT2D eigenvalue weighted by molar-refractivity contribution is 1.10. The highest BCUT2D eigenvalue weighted by Crippen LogP contribution is 2.22. The molecule has 5 nitrogen and oxygen atoms in total. The predicted octanol–water partition coefficient (Wildman–Crippen LogP) is 2.38. The van der Waals surface area contributed by atoms with E-state index in [1.165, 1.54) is 11.9 Å². The number of anilines is 3. The average Bonchev–Trinajstić information content (AvgIpc) is 2.41. The van der Waals surface area contributed by atoms with Gasteiger partial charge in [-0.2, -0.15) is 0 Å². The second kappa shape index (κ2) is 5.46. The minimum Gasteiger partial charge on any atom is -0.340 e. The summed E-state index contributed by atoms with van der Waals surface area (Å²) in [5.74, 6) is 6.77. The standard InChI is InChI=1S/C13H17N5/c1-3-10-5-4-6-11(7-10)17-12-9(2)13(18-14)16-8-15-12/h4-8H,3,14H2,1-2H3,(H2,15,16,17,18). The van der Waals surface area contributed by atoms with Gasteiger partial charge in [0.15, 0.2) is 0 Å². The Morgan fingerprint density at radius 3 is 2.72 bits per heavy atom. The molecule has 18 heavy (non-hydrogen) atoms. The van der Waals surface area contributed by atoms with E-state index in [0.29, 0.717) is 5.82 Å². The Morgan fingerprint density at radius 1 is 1.22 bits per heavy atom. The molecule has 0 fully saturated rings. The fourth-order valence-electron chi connectivity index (χ4n) is 1.73. The molecule has 0 radical (unpaired) electrons. The number of aromatic nitrogens is 2. The third-order valence-electron chi connectivity index (χ3n) is 2.82. The molecule has 0 unspecified atom stereocenters. The van der Waals surface area contributed by atoms with Crippen molar-refractivity contribution in [2.45, 2.75) is 20.3 Å². The van der Waals surface area contributed by atoms with Gasteiger partial charge in [0.1, 0.15) is 18.0 Å². The van der Waals surface area contributed by atoms with Gasteiger partial charge < -0.3 is 10.7 Å². The Bertz CT molecular complexity index is 539. The predicted molar refractivity (Wildman–Crippen MR) is 73.7 cm³/mol. The maximum absolute atomic E-state index is 5.39. The van der Waals surface area contributed by atoms with E-state index in [-0.39, 0.29) is 0 Å². The summed E-state index contributed by atoms with van der Waals surface area (Å²) in [5.41, 5.74) is 5.74. The van der Waals surface area contributed by atoms with Gasteiger partial charge in [-0.25, -0.2) is 15.8 Å². The lowest BCUT2D eigenvalue weighted by Gasteiger charge is -2.11. The van der Waals surface area contributed by atoms with Gasteiger partial charge in [0, 0.05) is 11.3 Å². The van der Waals surface area contributed by atoms with E-state index >= 15 is 0 Å². The molecule has 1 heterocycles. The molecule has 0 saturated carbocycles. The summed E-state index contributed by atoms with van der Waals surface area (Å²) in [5, 5.41) is 3.27. The first-order valence-electron chi connectivity index (χ1n) is 5.88. The first kappa shape index (κ1) is 12.3. The molecule has 0 saturated heterocycles. The Morgan fingerprint density at radius 2 is 2.00 bits per heavy atom. The molecule has 0 atom stereocenters. The number of hydrazine groups is 1. The first-order valence-corrected chi connectivity index (χ1v) is 5.88. The molecule has 0 amide bonds. The lowest BCUT2D eigenvalue weighted by atomic mass is 10.1. The highest BCUT2D eigenvalue weighted by atomic mass is 15.3. The number of hydrogen-bond acceptors (Lipinski definition) is 5. The topological polar surface area (TPSA) is 75.9 Å². The Labute approximate surface area is 106 Å². The van der Waals surface area contributed by atoms with Crippen molar-refractivity contribution in [3.63, 3.8) is 0 Å². The highest BCUT2D eigenvalue weighted by Gasteiger charge is 2.06. The summed E-state index contributed by atoms with van der Waals surface area (Å²) in [4.78, 5) is 8.27. The van der Waals surface area contributed by atoms with Crippen LogP contribution in [0.2, 0.25) is 0 Å². The fourth-order valence-corrected chi connectivity index (χ4v) is 1.73. The summed E-state index contributed by atoms with van der Waals surface area (Å²) in [7, 11) is 0. The molecular formula is C13H17N5. The number of nitrogens with zero attached hydrogens (tertiary/aromatic N) is 2. The largest absolute Gasteiger partial charge is 0.340 e. The number of nitrogens with one attached hydrogen (secondary N) is 2. The summed E-state index contributed by atoms with van der Waals surface area (Å²) in [6.45, 7) is 4.05. The van der Waals surface area contributed by atoms with Gasteiger partial charge in [-0.1, -0.05) is 19.1 Å². The molecule has 1 aromatic heterocycles. The van der Waals surface area contributed by atoms with Crippen LogP contribution in [0, 0.1) is 6.92 Å². The van der Waals surface area contributed by atoms with Crippen LogP contribution >= 0.6 is 0 Å². The Hall–Kier alpha value is -2.14. The summed E-state index contributed by atoms with van der Waals surface area (Å²) >= 11 is 0. The molecule has 0 bridgehead atoms. The first-order chi connectivity index (χ1) is 8.74. The van der Waals surface area contributed by atoms with Gasteiger partial charge in [-0.15, -0.1) is 0 Å². The number of nitrogens with two attached hydrogens (primary N) is 1. The summed E-state index contributed by atoms with van der Waals surface area (Å²) in [6.07, 6.45) is 2.49. The van der Waals surface area contributed by atoms with Crippen molar-refractivity contribution < 1.29 is 0 Å². The molecule has 2 aromatic rings. The number of rotatable bonds is 4. The normalized spacial score (nSPS) is 10.2. The minimum atomic E-state index is 0.624. The highest BCUT2D eigenvalue weighted by molar-refractivity contribution is 5.64. The molecule has 5 heteroatoms. The maximum Gasteiger partial charge on any atom is 0.148 e. The van der Waals surface area contributed by atoms with E-state index in [2.05, 4.69) is 39.8 Å². The molecule has 2 rings (SSSR count). The minimum absolute atomic E-state index is 0.624. The summed E-state index contributed by atoms with van der Waals surface area (Å²) < 4.78 is 0. The zero-order valence-corrected chi connectivity index (χ0v) is 10.6. The number of aryl methyl sites for hydroxylation is 1. The van der Waals surface area contributed by atoms with Gasteiger partial charge in [0.05, 0.1) is 0 Å². The molecule has 4 N–H and O–H groups in total. The Balaban J connectivity index is 2.28. The van der Waals surface area contributed by atoms with Crippen LogP contribution in [0.4, 0.5) is 17.3 Å². The van der Waals surface area contributed by atoms with Gasteiger partial charge >= 0.3 is 0 Å².